The smallest absolute Gasteiger partial charge is 0.242 e. The molecule has 31 heavy (non-hydrogen) atoms. The number of hydrogen-bond acceptors (Lipinski definition) is 6. The maximum Gasteiger partial charge on any atom is 0.242 e. The van der Waals surface area contributed by atoms with Gasteiger partial charge in [0.1, 0.15) is 6.54 Å². The summed E-state index contributed by atoms with van der Waals surface area (Å²) in [7, 11) is 0. The number of likely N-dealkylation sites (tertiary alicyclic amines) is 1. The van der Waals surface area contributed by atoms with Gasteiger partial charge in [0.2, 0.25) is 24.5 Å². The van der Waals surface area contributed by atoms with E-state index in [1.807, 2.05) is 18.2 Å². The molecular weight excluding hydrogens is 398 g/mol. The van der Waals surface area contributed by atoms with Crippen molar-refractivity contribution in [3.05, 3.63) is 35.9 Å². The third-order valence-electron chi connectivity index (χ3n) is 7.42. The molecule has 3 fully saturated rings. The van der Waals surface area contributed by atoms with E-state index in [4.69, 9.17) is 9.47 Å². The van der Waals surface area contributed by atoms with E-state index in [1.54, 1.807) is 4.90 Å². The Labute approximate surface area is 180 Å². The first-order chi connectivity index (χ1) is 15.1. The summed E-state index contributed by atoms with van der Waals surface area (Å²) in [4.78, 5) is 43.8. The fourth-order valence-corrected chi connectivity index (χ4v) is 5.81. The summed E-state index contributed by atoms with van der Waals surface area (Å²) in [6.07, 6.45) is 5.04. The van der Waals surface area contributed by atoms with Crippen molar-refractivity contribution in [2.24, 2.45) is 23.7 Å². The van der Waals surface area contributed by atoms with Crippen LogP contribution in [0, 0.1) is 23.7 Å². The van der Waals surface area contributed by atoms with E-state index >= 15 is 0 Å². The lowest BCUT2D eigenvalue weighted by atomic mass is 9.85. The summed E-state index contributed by atoms with van der Waals surface area (Å²) in [6, 6.07) is 5.97. The van der Waals surface area contributed by atoms with E-state index in [1.165, 1.54) is 4.90 Å². The van der Waals surface area contributed by atoms with Crippen LogP contribution in [0.15, 0.2) is 30.4 Å². The lowest BCUT2D eigenvalue weighted by Gasteiger charge is -2.35. The molecule has 6 rings (SSSR count). The molecule has 1 aromatic carbocycles. The predicted molar refractivity (Wildman–Crippen MR) is 109 cm³/mol. The highest BCUT2D eigenvalue weighted by Gasteiger charge is 2.59. The van der Waals surface area contributed by atoms with Crippen LogP contribution in [0.4, 0.5) is 0 Å². The van der Waals surface area contributed by atoms with Gasteiger partial charge in [0.25, 0.3) is 0 Å². The Balaban J connectivity index is 1.03. The molecule has 0 spiro atoms. The van der Waals surface area contributed by atoms with Crippen LogP contribution in [-0.2, 0) is 20.9 Å². The molecule has 2 saturated heterocycles. The normalized spacial score (nSPS) is 31.1. The van der Waals surface area contributed by atoms with Crippen LogP contribution >= 0.6 is 0 Å². The van der Waals surface area contributed by atoms with Crippen molar-refractivity contribution in [3.8, 4) is 11.5 Å². The van der Waals surface area contributed by atoms with Crippen molar-refractivity contribution in [3.63, 3.8) is 0 Å². The standard InChI is InChI=1S/C23H25N3O5/c27-19(12-26-22(28)20-15-2-3-16(10-15)21(20)23(26)29)25-7-5-24(6-8-25)11-14-1-4-17-18(9-14)31-13-30-17/h1-4,9,15-16,20-21H,5-8,10-13H2/t15-,16-,20-,21+/m0/s1. The average Bonchev–Trinajstić information content (AvgIpc) is 3.55. The van der Waals surface area contributed by atoms with Crippen molar-refractivity contribution in [2.45, 2.75) is 13.0 Å². The Morgan fingerprint density at radius 3 is 2.32 bits per heavy atom. The summed E-state index contributed by atoms with van der Waals surface area (Å²) in [5.41, 5.74) is 1.15. The zero-order valence-corrected chi connectivity index (χ0v) is 17.2. The molecule has 0 aromatic heterocycles. The SMILES string of the molecule is O=C(CN1C(=O)[C@@H]2[C@H](C1=O)[C@H]1C=C[C@H]2C1)N1CCN(Cc2ccc3c(c2)OCO3)CC1. The first kappa shape index (κ1) is 18.9. The molecule has 4 atom stereocenters. The predicted octanol–water partition coefficient (Wildman–Crippen LogP) is 0.867. The summed E-state index contributed by atoms with van der Waals surface area (Å²) < 4.78 is 10.8. The number of piperazine rings is 1. The van der Waals surface area contributed by atoms with Gasteiger partial charge in [-0.1, -0.05) is 18.2 Å². The quantitative estimate of drug-likeness (QED) is 0.528. The number of carbonyl (C=O) groups excluding carboxylic acids is 3. The Morgan fingerprint density at radius 2 is 1.61 bits per heavy atom. The fraction of sp³-hybridized carbons (Fsp3) is 0.522. The zero-order chi connectivity index (χ0) is 21.1. The Hall–Kier alpha value is -2.87. The first-order valence-electron chi connectivity index (χ1n) is 11.0. The van der Waals surface area contributed by atoms with Gasteiger partial charge in [-0.2, -0.15) is 0 Å². The van der Waals surface area contributed by atoms with Gasteiger partial charge in [-0.05, 0) is 36.0 Å². The molecule has 3 aliphatic heterocycles. The van der Waals surface area contributed by atoms with E-state index in [0.29, 0.717) is 13.1 Å². The van der Waals surface area contributed by atoms with Crippen molar-refractivity contribution < 1.29 is 23.9 Å². The van der Waals surface area contributed by atoms with Gasteiger partial charge >= 0.3 is 0 Å². The maximum atomic E-state index is 12.9. The number of fused-ring (bicyclic) bond motifs is 6. The highest BCUT2D eigenvalue weighted by molar-refractivity contribution is 6.08. The Bertz CT molecular complexity index is 953. The van der Waals surface area contributed by atoms with Gasteiger partial charge in [-0.15, -0.1) is 0 Å². The molecule has 0 N–H and O–H groups in total. The van der Waals surface area contributed by atoms with Crippen LogP contribution < -0.4 is 9.47 Å². The van der Waals surface area contributed by atoms with Crippen LogP contribution in [-0.4, -0.2) is 71.9 Å². The number of allylic oxidation sites excluding steroid dienone is 2. The van der Waals surface area contributed by atoms with Gasteiger partial charge in [0.15, 0.2) is 11.5 Å². The van der Waals surface area contributed by atoms with Crippen molar-refractivity contribution in [1.82, 2.24) is 14.7 Å². The molecule has 3 amide bonds. The van der Waals surface area contributed by atoms with E-state index in [-0.39, 0.29) is 54.7 Å². The molecule has 2 aliphatic carbocycles. The third kappa shape index (κ3) is 3.04. The van der Waals surface area contributed by atoms with Crippen LogP contribution in [0.3, 0.4) is 0 Å². The number of imide groups is 1. The third-order valence-corrected chi connectivity index (χ3v) is 7.42. The molecular formula is C23H25N3O5. The van der Waals surface area contributed by atoms with Gasteiger partial charge in [-0.3, -0.25) is 24.2 Å². The van der Waals surface area contributed by atoms with Crippen LogP contribution in [0.25, 0.3) is 0 Å². The number of carbonyl (C=O) groups is 3. The number of ether oxygens (including phenoxy) is 2. The van der Waals surface area contributed by atoms with Gasteiger partial charge in [-0.25, -0.2) is 0 Å². The second kappa shape index (κ2) is 7.09. The minimum atomic E-state index is -0.242. The number of amides is 3. The van der Waals surface area contributed by atoms with Gasteiger partial charge in [0, 0.05) is 32.7 Å². The lowest BCUT2D eigenvalue weighted by Crippen LogP contribution is -2.51. The lowest BCUT2D eigenvalue weighted by molar-refractivity contribution is -0.147. The Kier molecular flexibility index (Phi) is 4.31. The molecule has 0 unspecified atom stereocenters. The van der Waals surface area contributed by atoms with E-state index < -0.39 is 0 Å². The van der Waals surface area contributed by atoms with Crippen molar-refractivity contribution >= 4 is 17.7 Å². The minimum absolute atomic E-state index is 0.119. The van der Waals surface area contributed by atoms with Crippen molar-refractivity contribution in [2.75, 3.05) is 39.5 Å². The molecule has 1 aromatic rings. The Morgan fingerprint density at radius 1 is 0.935 bits per heavy atom. The maximum absolute atomic E-state index is 12.9. The van der Waals surface area contributed by atoms with E-state index in [0.717, 1.165) is 43.1 Å². The molecule has 2 bridgehead atoms. The average molecular weight is 423 g/mol. The molecule has 5 aliphatic rings. The number of rotatable bonds is 4. The summed E-state index contributed by atoms with van der Waals surface area (Å²) in [6.45, 7) is 3.62. The summed E-state index contributed by atoms with van der Waals surface area (Å²) >= 11 is 0. The second-order valence-corrected chi connectivity index (χ2v) is 9.11. The molecule has 8 nitrogen and oxygen atoms in total. The number of nitrogens with zero attached hydrogens (tertiary/aromatic N) is 3. The fourth-order valence-electron chi connectivity index (χ4n) is 5.81. The van der Waals surface area contributed by atoms with Gasteiger partial charge < -0.3 is 14.4 Å². The number of benzene rings is 1. The number of hydrogen-bond donors (Lipinski definition) is 0. The highest BCUT2D eigenvalue weighted by atomic mass is 16.7. The van der Waals surface area contributed by atoms with Crippen LogP contribution in [0.2, 0.25) is 0 Å². The summed E-state index contributed by atoms with van der Waals surface area (Å²) in [5.74, 6) is 0.978. The topological polar surface area (TPSA) is 79.4 Å². The first-order valence-corrected chi connectivity index (χ1v) is 11.0. The van der Waals surface area contributed by atoms with Crippen LogP contribution in [0.1, 0.15) is 12.0 Å². The molecule has 162 valence electrons. The minimum Gasteiger partial charge on any atom is -0.454 e. The molecule has 0 radical (unpaired) electrons. The molecule has 1 saturated carbocycles. The van der Waals surface area contributed by atoms with E-state index in [9.17, 15) is 14.4 Å². The monoisotopic (exact) mass is 423 g/mol. The largest absolute Gasteiger partial charge is 0.454 e. The summed E-state index contributed by atoms with van der Waals surface area (Å²) in [5, 5.41) is 0. The molecule has 3 heterocycles. The van der Waals surface area contributed by atoms with Gasteiger partial charge in [0.05, 0.1) is 11.8 Å². The van der Waals surface area contributed by atoms with E-state index in [2.05, 4.69) is 17.1 Å². The zero-order valence-electron chi connectivity index (χ0n) is 17.2. The van der Waals surface area contributed by atoms with Crippen molar-refractivity contribution in [1.29, 1.82) is 0 Å². The molecule has 8 heteroatoms. The van der Waals surface area contributed by atoms with Crippen LogP contribution in [0.5, 0.6) is 11.5 Å². The highest BCUT2D eigenvalue weighted by Crippen LogP contribution is 2.52. The second-order valence-electron chi connectivity index (χ2n) is 9.11.